The van der Waals surface area contributed by atoms with Gasteiger partial charge in [-0.2, -0.15) is 0 Å². The summed E-state index contributed by atoms with van der Waals surface area (Å²) in [5.74, 6) is 0.788. The van der Waals surface area contributed by atoms with E-state index >= 15 is 0 Å². The minimum absolute atomic E-state index is 0.0813. The van der Waals surface area contributed by atoms with Gasteiger partial charge in [-0.15, -0.1) is 0 Å². The van der Waals surface area contributed by atoms with Crippen molar-refractivity contribution in [3.63, 3.8) is 0 Å². The quantitative estimate of drug-likeness (QED) is 0.636. The van der Waals surface area contributed by atoms with Crippen molar-refractivity contribution in [1.82, 2.24) is 30.2 Å². The molecule has 3 N–H and O–H groups in total. The minimum atomic E-state index is -0.593. The van der Waals surface area contributed by atoms with E-state index in [1.807, 2.05) is 24.3 Å². The van der Waals surface area contributed by atoms with Gasteiger partial charge in [-0.05, 0) is 12.1 Å². The molecule has 26 heavy (non-hydrogen) atoms. The molecule has 1 aliphatic heterocycles. The summed E-state index contributed by atoms with van der Waals surface area (Å²) in [4.78, 5) is 40.9. The van der Waals surface area contributed by atoms with Crippen LogP contribution in [-0.4, -0.2) is 55.8 Å². The third-order valence-electron chi connectivity index (χ3n) is 4.64. The molecule has 1 fully saturated rings. The number of hydrogen-bond acceptors (Lipinski definition) is 4. The molecule has 2 aromatic heterocycles. The topological polar surface area (TPSA) is 107 Å². The molecule has 1 saturated heterocycles. The lowest BCUT2D eigenvalue weighted by molar-refractivity contribution is -0.140. The van der Waals surface area contributed by atoms with Gasteiger partial charge in [-0.25, -0.2) is 9.97 Å². The average Bonchev–Trinajstić information content (AvgIpc) is 3.21. The van der Waals surface area contributed by atoms with Crippen LogP contribution in [0.3, 0.4) is 0 Å². The molecule has 1 aliphatic rings. The Morgan fingerprint density at radius 3 is 2.85 bits per heavy atom. The number of hydrogen-bond donors (Lipinski definition) is 3. The molecule has 0 unspecified atom stereocenters. The molecular weight excluding hydrogens is 332 g/mol. The maximum Gasteiger partial charge on any atom is 0.245 e. The monoisotopic (exact) mass is 352 g/mol. The van der Waals surface area contributed by atoms with E-state index in [4.69, 9.17) is 0 Å². The maximum atomic E-state index is 12.8. The SMILES string of the molecule is CC(=O)N[C@@H](Cc1cnc[nH]1)C(=O)N1CC(c2nc3ccccc3[nH]2)C1. The molecule has 3 heterocycles. The summed E-state index contributed by atoms with van der Waals surface area (Å²) < 4.78 is 0. The summed E-state index contributed by atoms with van der Waals surface area (Å²) in [5, 5.41) is 2.74. The van der Waals surface area contributed by atoms with Crippen molar-refractivity contribution < 1.29 is 9.59 Å². The number of amides is 2. The van der Waals surface area contributed by atoms with Gasteiger partial charge >= 0.3 is 0 Å². The number of likely N-dealkylation sites (tertiary alicyclic amines) is 1. The third kappa shape index (κ3) is 3.17. The molecule has 8 heteroatoms. The average molecular weight is 352 g/mol. The first-order valence-electron chi connectivity index (χ1n) is 8.58. The lowest BCUT2D eigenvalue weighted by Gasteiger charge is -2.40. The second-order valence-electron chi connectivity index (χ2n) is 6.61. The van der Waals surface area contributed by atoms with Crippen LogP contribution in [0.2, 0.25) is 0 Å². The predicted molar refractivity (Wildman–Crippen MR) is 95.3 cm³/mol. The summed E-state index contributed by atoms with van der Waals surface area (Å²) >= 11 is 0. The van der Waals surface area contributed by atoms with Gasteiger partial charge in [0.05, 0.1) is 23.3 Å². The van der Waals surface area contributed by atoms with E-state index in [9.17, 15) is 9.59 Å². The maximum absolute atomic E-state index is 12.8. The predicted octanol–water partition coefficient (Wildman–Crippen LogP) is 0.959. The molecule has 0 saturated carbocycles. The Hall–Kier alpha value is -3.16. The number of carbonyl (C=O) groups is 2. The molecular formula is C18H20N6O2. The number of imidazole rings is 2. The Morgan fingerprint density at radius 1 is 1.35 bits per heavy atom. The smallest absolute Gasteiger partial charge is 0.245 e. The number of aromatic amines is 2. The number of H-pyrrole nitrogens is 2. The largest absolute Gasteiger partial charge is 0.348 e. The van der Waals surface area contributed by atoms with Crippen molar-refractivity contribution in [3.05, 3.63) is 48.3 Å². The van der Waals surface area contributed by atoms with Gasteiger partial charge in [0.25, 0.3) is 0 Å². The van der Waals surface area contributed by atoms with E-state index in [1.165, 1.54) is 6.92 Å². The highest BCUT2D eigenvalue weighted by Gasteiger charge is 2.37. The highest BCUT2D eigenvalue weighted by molar-refractivity contribution is 5.87. The summed E-state index contributed by atoms with van der Waals surface area (Å²) in [7, 11) is 0. The lowest BCUT2D eigenvalue weighted by atomic mass is 9.97. The molecule has 3 aromatic rings. The van der Waals surface area contributed by atoms with Gasteiger partial charge in [0.2, 0.25) is 11.8 Å². The highest BCUT2D eigenvalue weighted by atomic mass is 16.2. The van der Waals surface area contributed by atoms with Gasteiger partial charge in [0, 0.05) is 38.3 Å². The first kappa shape index (κ1) is 16.3. The number of nitrogens with zero attached hydrogens (tertiary/aromatic N) is 3. The molecule has 2 amide bonds. The van der Waals surface area contributed by atoms with Crippen molar-refractivity contribution in [3.8, 4) is 0 Å². The molecule has 4 rings (SSSR count). The Balaban J connectivity index is 1.42. The van der Waals surface area contributed by atoms with E-state index in [-0.39, 0.29) is 17.7 Å². The van der Waals surface area contributed by atoms with Crippen molar-refractivity contribution in [2.75, 3.05) is 13.1 Å². The van der Waals surface area contributed by atoms with Crippen molar-refractivity contribution >= 4 is 22.8 Å². The first-order valence-corrected chi connectivity index (χ1v) is 8.58. The number of aromatic nitrogens is 4. The lowest BCUT2D eigenvalue weighted by Crippen LogP contribution is -2.56. The normalized spacial score (nSPS) is 15.7. The van der Waals surface area contributed by atoms with E-state index in [2.05, 4.69) is 25.3 Å². The van der Waals surface area contributed by atoms with E-state index in [0.717, 1.165) is 22.6 Å². The molecule has 0 bridgehead atoms. The van der Waals surface area contributed by atoms with Crippen molar-refractivity contribution in [1.29, 1.82) is 0 Å². The van der Waals surface area contributed by atoms with Gasteiger partial charge in [-0.3, -0.25) is 9.59 Å². The van der Waals surface area contributed by atoms with Crippen LogP contribution in [0.5, 0.6) is 0 Å². The molecule has 0 radical (unpaired) electrons. The second kappa shape index (κ2) is 6.62. The van der Waals surface area contributed by atoms with Gasteiger partial charge in [-0.1, -0.05) is 12.1 Å². The molecule has 0 aliphatic carbocycles. The van der Waals surface area contributed by atoms with Crippen LogP contribution in [0.25, 0.3) is 11.0 Å². The van der Waals surface area contributed by atoms with Crippen LogP contribution in [0.15, 0.2) is 36.8 Å². The van der Waals surface area contributed by atoms with Crippen molar-refractivity contribution in [2.24, 2.45) is 0 Å². The summed E-state index contributed by atoms with van der Waals surface area (Å²) in [5.41, 5.74) is 2.75. The highest BCUT2D eigenvalue weighted by Crippen LogP contribution is 2.27. The zero-order valence-corrected chi connectivity index (χ0v) is 14.4. The van der Waals surface area contributed by atoms with Crippen LogP contribution < -0.4 is 5.32 Å². The summed E-state index contributed by atoms with van der Waals surface area (Å²) in [6.45, 7) is 2.61. The summed E-state index contributed by atoms with van der Waals surface area (Å²) in [6.07, 6.45) is 3.62. The standard InChI is InChI=1S/C18H20N6O2/c1-11(25)21-16(6-13-7-19-10-20-13)18(26)24-8-12(9-24)17-22-14-4-2-3-5-15(14)23-17/h2-5,7,10,12,16H,6,8-9H2,1H3,(H,19,20)(H,21,25)(H,22,23)/t16-/m0/s1. The molecule has 1 atom stereocenters. The van der Waals surface area contributed by atoms with Gasteiger partial charge < -0.3 is 20.2 Å². The van der Waals surface area contributed by atoms with Crippen LogP contribution in [0.1, 0.15) is 24.4 Å². The molecule has 1 aromatic carbocycles. The zero-order chi connectivity index (χ0) is 18.1. The van der Waals surface area contributed by atoms with E-state index < -0.39 is 6.04 Å². The van der Waals surface area contributed by atoms with Crippen LogP contribution in [-0.2, 0) is 16.0 Å². The number of fused-ring (bicyclic) bond motifs is 1. The summed E-state index contributed by atoms with van der Waals surface area (Å²) in [6, 6.07) is 7.29. The molecule has 8 nitrogen and oxygen atoms in total. The Labute approximate surface area is 150 Å². The Kier molecular flexibility index (Phi) is 4.16. The Bertz CT molecular complexity index is 893. The number of carbonyl (C=O) groups excluding carboxylic acids is 2. The fraction of sp³-hybridized carbons (Fsp3) is 0.333. The van der Waals surface area contributed by atoms with Gasteiger partial charge in [0.1, 0.15) is 11.9 Å². The first-order chi connectivity index (χ1) is 12.6. The van der Waals surface area contributed by atoms with Crippen LogP contribution >= 0.6 is 0 Å². The number of nitrogens with one attached hydrogen (secondary N) is 3. The second-order valence-corrected chi connectivity index (χ2v) is 6.61. The van der Waals surface area contributed by atoms with Gasteiger partial charge in [0.15, 0.2) is 0 Å². The fourth-order valence-corrected chi connectivity index (χ4v) is 3.28. The van der Waals surface area contributed by atoms with Crippen LogP contribution in [0.4, 0.5) is 0 Å². The fourth-order valence-electron chi connectivity index (χ4n) is 3.28. The molecule has 134 valence electrons. The number of para-hydroxylation sites is 2. The number of rotatable bonds is 5. The molecule has 0 spiro atoms. The van der Waals surface area contributed by atoms with Crippen molar-refractivity contribution in [2.45, 2.75) is 25.3 Å². The minimum Gasteiger partial charge on any atom is -0.348 e. The Morgan fingerprint density at radius 2 is 2.15 bits per heavy atom. The number of benzene rings is 1. The van der Waals surface area contributed by atoms with E-state index in [1.54, 1.807) is 17.4 Å². The van der Waals surface area contributed by atoms with E-state index in [0.29, 0.717) is 19.5 Å². The third-order valence-corrected chi connectivity index (χ3v) is 4.64. The zero-order valence-electron chi connectivity index (χ0n) is 14.4. The van der Waals surface area contributed by atoms with Crippen LogP contribution in [0, 0.1) is 0 Å².